The molecule has 2 saturated heterocycles. The van der Waals surface area contributed by atoms with E-state index in [0.29, 0.717) is 31.2 Å². The normalized spacial score (nSPS) is 22.2. The standard InChI is InChI=1S/C17H23F2NO4/c18-17(19)24-14-3-1-12(2-4-14)15(21)11-20-7-5-13(6-8-20)16-22-9-10-23-16/h1-4,13,15-17,21H,5-11H2. The molecular formula is C17H23F2NO4. The van der Waals surface area contributed by atoms with Gasteiger partial charge in [0.15, 0.2) is 6.29 Å². The summed E-state index contributed by atoms with van der Waals surface area (Å²) < 4.78 is 39.7. The summed E-state index contributed by atoms with van der Waals surface area (Å²) in [5, 5.41) is 10.3. The number of nitrogens with zero attached hydrogens (tertiary/aromatic N) is 1. The van der Waals surface area contributed by atoms with E-state index < -0.39 is 12.7 Å². The van der Waals surface area contributed by atoms with Gasteiger partial charge in [0, 0.05) is 12.5 Å². The fourth-order valence-electron chi connectivity index (χ4n) is 3.28. The Kier molecular flexibility index (Phi) is 5.99. The van der Waals surface area contributed by atoms with Gasteiger partial charge in [-0.2, -0.15) is 8.78 Å². The topological polar surface area (TPSA) is 51.2 Å². The van der Waals surface area contributed by atoms with Gasteiger partial charge in [0.2, 0.25) is 0 Å². The number of rotatable bonds is 6. The first-order valence-electron chi connectivity index (χ1n) is 8.30. The second-order valence-electron chi connectivity index (χ2n) is 6.21. The minimum absolute atomic E-state index is 0.0700. The molecule has 0 amide bonds. The van der Waals surface area contributed by atoms with Gasteiger partial charge in [0.05, 0.1) is 19.3 Å². The molecule has 24 heavy (non-hydrogen) atoms. The average Bonchev–Trinajstić information content (AvgIpc) is 3.10. The highest BCUT2D eigenvalue weighted by atomic mass is 19.3. The fraction of sp³-hybridized carbons (Fsp3) is 0.647. The van der Waals surface area contributed by atoms with Crippen molar-refractivity contribution in [2.24, 2.45) is 5.92 Å². The number of aliphatic hydroxyl groups is 1. The number of ether oxygens (including phenoxy) is 3. The molecule has 0 aliphatic carbocycles. The van der Waals surface area contributed by atoms with Crippen molar-refractivity contribution < 1.29 is 28.1 Å². The zero-order valence-electron chi connectivity index (χ0n) is 13.4. The van der Waals surface area contributed by atoms with Crippen molar-refractivity contribution in [2.45, 2.75) is 31.8 Å². The SMILES string of the molecule is OC(CN1CCC(C2OCCO2)CC1)c1ccc(OC(F)F)cc1. The van der Waals surface area contributed by atoms with E-state index in [1.165, 1.54) is 12.1 Å². The lowest BCUT2D eigenvalue weighted by molar-refractivity contribution is -0.0986. The summed E-state index contributed by atoms with van der Waals surface area (Å²) in [6.45, 7) is 0.808. The molecule has 3 rings (SSSR count). The molecule has 2 heterocycles. The van der Waals surface area contributed by atoms with Crippen LogP contribution in [0.3, 0.4) is 0 Å². The molecule has 0 aromatic heterocycles. The number of alkyl halides is 2. The fourth-order valence-corrected chi connectivity index (χ4v) is 3.28. The second-order valence-corrected chi connectivity index (χ2v) is 6.21. The Bertz CT molecular complexity index is 500. The first kappa shape index (κ1) is 17.5. The van der Waals surface area contributed by atoms with Crippen molar-refractivity contribution in [3.8, 4) is 5.75 Å². The van der Waals surface area contributed by atoms with E-state index >= 15 is 0 Å². The van der Waals surface area contributed by atoms with Crippen LogP contribution in [0.2, 0.25) is 0 Å². The number of halogens is 2. The van der Waals surface area contributed by atoms with Gasteiger partial charge < -0.3 is 24.2 Å². The molecule has 2 aliphatic rings. The van der Waals surface area contributed by atoms with E-state index in [-0.39, 0.29) is 12.0 Å². The minimum Gasteiger partial charge on any atom is -0.435 e. The van der Waals surface area contributed by atoms with Gasteiger partial charge in [-0.1, -0.05) is 12.1 Å². The summed E-state index contributed by atoms with van der Waals surface area (Å²) in [6.07, 6.45) is 1.25. The van der Waals surface area contributed by atoms with Crippen molar-refractivity contribution in [1.29, 1.82) is 0 Å². The second kappa shape index (κ2) is 8.20. The third kappa shape index (κ3) is 4.63. The van der Waals surface area contributed by atoms with Crippen LogP contribution in [0.1, 0.15) is 24.5 Å². The molecule has 0 radical (unpaired) electrons. The van der Waals surface area contributed by atoms with Gasteiger partial charge >= 0.3 is 6.61 Å². The molecule has 1 aromatic rings. The summed E-state index contributed by atoms with van der Waals surface area (Å²) in [6, 6.07) is 6.14. The lowest BCUT2D eigenvalue weighted by atomic mass is 9.95. The molecule has 2 aliphatic heterocycles. The van der Waals surface area contributed by atoms with Crippen molar-refractivity contribution in [2.75, 3.05) is 32.8 Å². The number of piperidine rings is 1. The van der Waals surface area contributed by atoms with Gasteiger partial charge in [0.1, 0.15) is 5.75 Å². The number of hydrogen-bond donors (Lipinski definition) is 1. The molecule has 0 spiro atoms. The molecular weight excluding hydrogens is 320 g/mol. The van der Waals surface area contributed by atoms with E-state index in [1.807, 2.05) is 0 Å². The first-order chi connectivity index (χ1) is 11.6. The highest BCUT2D eigenvalue weighted by molar-refractivity contribution is 5.28. The Labute approximate surface area is 140 Å². The smallest absolute Gasteiger partial charge is 0.387 e. The number of hydrogen-bond acceptors (Lipinski definition) is 5. The summed E-state index contributed by atoms with van der Waals surface area (Å²) in [4.78, 5) is 2.21. The monoisotopic (exact) mass is 343 g/mol. The van der Waals surface area contributed by atoms with Gasteiger partial charge in [-0.05, 0) is 43.6 Å². The maximum absolute atomic E-state index is 12.1. The Balaban J connectivity index is 1.46. The van der Waals surface area contributed by atoms with Crippen LogP contribution in [0, 0.1) is 5.92 Å². The van der Waals surface area contributed by atoms with E-state index in [1.54, 1.807) is 12.1 Å². The third-order valence-electron chi connectivity index (χ3n) is 4.59. The zero-order valence-corrected chi connectivity index (χ0v) is 13.4. The molecule has 0 saturated carbocycles. The van der Waals surface area contributed by atoms with Gasteiger partial charge in [-0.15, -0.1) is 0 Å². The number of aliphatic hydroxyl groups excluding tert-OH is 1. The summed E-state index contributed by atoms with van der Waals surface area (Å²) >= 11 is 0. The largest absolute Gasteiger partial charge is 0.435 e. The molecule has 134 valence electrons. The summed E-state index contributed by atoms with van der Waals surface area (Å²) in [5.41, 5.74) is 0.696. The lowest BCUT2D eigenvalue weighted by Gasteiger charge is -2.34. The molecule has 1 atom stereocenters. The molecule has 1 unspecified atom stereocenters. The van der Waals surface area contributed by atoms with Gasteiger partial charge in [-0.3, -0.25) is 0 Å². The molecule has 1 N–H and O–H groups in total. The average molecular weight is 343 g/mol. The van der Waals surface area contributed by atoms with Crippen LogP contribution >= 0.6 is 0 Å². The molecule has 0 bridgehead atoms. The number of benzene rings is 1. The van der Waals surface area contributed by atoms with Crippen LogP contribution in [-0.2, 0) is 9.47 Å². The van der Waals surface area contributed by atoms with E-state index in [0.717, 1.165) is 25.9 Å². The molecule has 5 nitrogen and oxygen atoms in total. The van der Waals surface area contributed by atoms with Crippen molar-refractivity contribution in [3.63, 3.8) is 0 Å². The van der Waals surface area contributed by atoms with Crippen molar-refractivity contribution in [3.05, 3.63) is 29.8 Å². The van der Waals surface area contributed by atoms with Crippen LogP contribution in [0.5, 0.6) is 5.75 Å². The van der Waals surface area contributed by atoms with Gasteiger partial charge in [-0.25, -0.2) is 0 Å². The van der Waals surface area contributed by atoms with Crippen LogP contribution in [0.25, 0.3) is 0 Å². The quantitative estimate of drug-likeness (QED) is 0.860. The third-order valence-corrected chi connectivity index (χ3v) is 4.59. The molecule has 1 aromatic carbocycles. The van der Waals surface area contributed by atoms with E-state index in [4.69, 9.17) is 9.47 Å². The zero-order chi connectivity index (χ0) is 16.9. The van der Waals surface area contributed by atoms with Crippen molar-refractivity contribution in [1.82, 2.24) is 4.90 Å². The lowest BCUT2D eigenvalue weighted by Crippen LogP contribution is -2.40. The number of β-amino-alcohol motifs (C(OH)–C–C–N with tert-alkyl or cyclic N) is 1. The minimum atomic E-state index is -2.84. The maximum Gasteiger partial charge on any atom is 0.387 e. The Hall–Kier alpha value is -1.28. The molecule has 7 heteroatoms. The number of likely N-dealkylation sites (tertiary alicyclic amines) is 1. The van der Waals surface area contributed by atoms with Crippen LogP contribution in [-0.4, -0.2) is 55.8 Å². The Morgan fingerprint density at radius 2 is 1.75 bits per heavy atom. The first-order valence-corrected chi connectivity index (χ1v) is 8.30. The van der Waals surface area contributed by atoms with Gasteiger partial charge in [0.25, 0.3) is 0 Å². The molecule has 2 fully saturated rings. The highest BCUT2D eigenvalue weighted by Crippen LogP contribution is 2.27. The van der Waals surface area contributed by atoms with E-state index in [2.05, 4.69) is 9.64 Å². The summed E-state index contributed by atoms with van der Waals surface area (Å²) in [7, 11) is 0. The predicted molar refractivity (Wildman–Crippen MR) is 82.9 cm³/mol. The Morgan fingerprint density at radius 3 is 2.33 bits per heavy atom. The Morgan fingerprint density at radius 1 is 1.12 bits per heavy atom. The van der Waals surface area contributed by atoms with Crippen LogP contribution in [0.4, 0.5) is 8.78 Å². The van der Waals surface area contributed by atoms with Crippen molar-refractivity contribution >= 4 is 0 Å². The predicted octanol–water partition coefficient (Wildman–Crippen LogP) is 2.41. The van der Waals surface area contributed by atoms with Crippen LogP contribution in [0.15, 0.2) is 24.3 Å². The maximum atomic E-state index is 12.1. The van der Waals surface area contributed by atoms with Crippen LogP contribution < -0.4 is 4.74 Å². The highest BCUT2D eigenvalue weighted by Gasteiger charge is 2.30. The summed E-state index contributed by atoms with van der Waals surface area (Å²) in [5.74, 6) is 0.519. The van der Waals surface area contributed by atoms with E-state index in [9.17, 15) is 13.9 Å².